The lowest BCUT2D eigenvalue weighted by molar-refractivity contribution is 0.0915. The minimum atomic E-state index is -0.0995. The molecule has 1 amide bonds. The third-order valence-electron chi connectivity index (χ3n) is 4.69. The van der Waals surface area contributed by atoms with Crippen LogP contribution in [0, 0.1) is 0 Å². The molecule has 1 atom stereocenters. The Labute approximate surface area is 140 Å². The molecule has 24 heavy (non-hydrogen) atoms. The Morgan fingerprint density at radius 1 is 1.33 bits per heavy atom. The average Bonchev–Trinajstić information content (AvgIpc) is 3.37. The summed E-state index contributed by atoms with van der Waals surface area (Å²) in [5, 5.41) is 7.59. The molecule has 0 spiro atoms. The molecule has 4 rings (SSSR count). The molecule has 0 radical (unpaired) electrons. The maximum atomic E-state index is 12.7. The second-order valence-corrected chi connectivity index (χ2v) is 6.42. The molecule has 1 fully saturated rings. The molecule has 0 saturated heterocycles. The Hall–Kier alpha value is -2.50. The fraction of sp³-hybridized carbons (Fsp3) is 0.444. The van der Waals surface area contributed by atoms with E-state index >= 15 is 0 Å². The molecule has 1 aromatic heterocycles. The van der Waals surface area contributed by atoms with Crippen molar-refractivity contribution in [3.8, 4) is 11.5 Å². The molecule has 1 aliphatic heterocycles. The Morgan fingerprint density at radius 2 is 2.17 bits per heavy atom. The normalized spacial score (nSPS) is 19.3. The maximum Gasteiger partial charge on any atom is 0.270 e. The minimum absolute atomic E-state index is 0.0874. The molecule has 6 heteroatoms. The summed E-state index contributed by atoms with van der Waals surface area (Å²) in [7, 11) is 3.45. The standard InChI is InChI=1S/C18H21N3O3/c1-21-16(10-15(20-21)11-3-4-11)18(22)19-14-7-8-24-17-6-5-12(23-2)9-13(14)17/h5-6,9-11,14H,3-4,7-8H2,1-2H3,(H,19,22)/t14-/m0/s1. The van der Waals surface area contributed by atoms with Gasteiger partial charge in [0.2, 0.25) is 0 Å². The van der Waals surface area contributed by atoms with Gasteiger partial charge in [0.05, 0.1) is 25.5 Å². The summed E-state index contributed by atoms with van der Waals surface area (Å²) in [6.45, 7) is 0.586. The highest BCUT2D eigenvalue weighted by Crippen LogP contribution is 2.39. The number of nitrogens with zero attached hydrogens (tertiary/aromatic N) is 2. The molecule has 1 saturated carbocycles. The molecule has 2 aliphatic rings. The molecule has 1 N–H and O–H groups in total. The SMILES string of the molecule is COc1ccc2c(c1)[C@@H](NC(=O)c1cc(C3CC3)nn1C)CCO2. The summed E-state index contributed by atoms with van der Waals surface area (Å²) in [6, 6.07) is 7.51. The first-order valence-electron chi connectivity index (χ1n) is 8.31. The summed E-state index contributed by atoms with van der Waals surface area (Å²) in [6.07, 6.45) is 3.08. The van der Waals surface area contributed by atoms with E-state index in [4.69, 9.17) is 9.47 Å². The van der Waals surface area contributed by atoms with E-state index in [1.807, 2.05) is 31.3 Å². The van der Waals surface area contributed by atoms with Crippen LogP contribution in [0.25, 0.3) is 0 Å². The molecular weight excluding hydrogens is 306 g/mol. The lowest BCUT2D eigenvalue weighted by Crippen LogP contribution is -2.33. The van der Waals surface area contributed by atoms with Crippen molar-refractivity contribution in [3.05, 3.63) is 41.2 Å². The maximum absolute atomic E-state index is 12.7. The van der Waals surface area contributed by atoms with Gasteiger partial charge in [0.1, 0.15) is 17.2 Å². The predicted molar refractivity (Wildman–Crippen MR) is 88.5 cm³/mol. The van der Waals surface area contributed by atoms with Crippen molar-refractivity contribution in [1.82, 2.24) is 15.1 Å². The van der Waals surface area contributed by atoms with Crippen LogP contribution < -0.4 is 14.8 Å². The second kappa shape index (κ2) is 5.85. The lowest BCUT2D eigenvalue weighted by atomic mass is 10.00. The van der Waals surface area contributed by atoms with Crippen molar-refractivity contribution < 1.29 is 14.3 Å². The first-order valence-corrected chi connectivity index (χ1v) is 8.31. The van der Waals surface area contributed by atoms with Gasteiger partial charge in [-0.25, -0.2) is 0 Å². The third-order valence-corrected chi connectivity index (χ3v) is 4.69. The van der Waals surface area contributed by atoms with Crippen molar-refractivity contribution in [1.29, 1.82) is 0 Å². The first-order chi connectivity index (χ1) is 11.7. The van der Waals surface area contributed by atoms with E-state index in [2.05, 4.69) is 10.4 Å². The van der Waals surface area contributed by atoms with Gasteiger partial charge in [0.15, 0.2) is 0 Å². The zero-order chi connectivity index (χ0) is 16.7. The van der Waals surface area contributed by atoms with Gasteiger partial charge in [-0.1, -0.05) is 0 Å². The predicted octanol–water partition coefficient (Wildman–Crippen LogP) is 2.56. The van der Waals surface area contributed by atoms with Crippen LogP contribution >= 0.6 is 0 Å². The van der Waals surface area contributed by atoms with Crippen molar-refractivity contribution in [2.45, 2.75) is 31.2 Å². The van der Waals surface area contributed by atoms with Gasteiger partial charge in [-0.05, 0) is 37.1 Å². The smallest absolute Gasteiger partial charge is 0.270 e. The Kier molecular flexibility index (Phi) is 3.67. The number of hydrogen-bond acceptors (Lipinski definition) is 4. The molecule has 2 heterocycles. The number of nitrogens with one attached hydrogen (secondary N) is 1. The van der Waals surface area contributed by atoms with E-state index in [9.17, 15) is 4.79 Å². The summed E-state index contributed by atoms with van der Waals surface area (Å²) in [4.78, 5) is 12.7. The quantitative estimate of drug-likeness (QED) is 0.937. The second-order valence-electron chi connectivity index (χ2n) is 6.42. The number of aromatic nitrogens is 2. The van der Waals surface area contributed by atoms with Crippen molar-refractivity contribution in [3.63, 3.8) is 0 Å². The number of benzene rings is 1. The minimum Gasteiger partial charge on any atom is -0.497 e. The molecule has 6 nitrogen and oxygen atoms in total. The molecule has 2 aromatic rings. The number of ether oxygens (including phenoxy) is 2. The van der Waals surface area contributed by atoms with Crippen LogP contribution in [0.1, 0.15) is 53.0 Å². The van der Waals surface area contributed by atoms with Gasteiger partial charge in [-0.2, -0.15) is 5.10 Å². The summed E-state index contributed by atoms with van der Waals surface area (Å²) in [5.74, 6) is 1.99. The third kappa shape index (κ3) is 2.72. The van der Waals surface area contributed by atoms with Crippen molar-refractivity contribution in [2.75, 3.05) is 13.7 Å². The Bertz CT molecular complexity index is 780. The fourth-order valence-electron chi connectivity index (χ4n) is 3.16. The van der Waals surface area contributed by atoms with E-state index in [0.717, 1.165) is 29.2 Å². The Morgan fingerprint density at radius 3 is 2.92 bits per heavy atom. The topological polar surface area (TPSA) is 65.4 Å². The van der Waals surface area contributed by atoms with Crippen LogP contribution in [0.2, 0.25) is 0 Å². The molecule has 0 unspecified atom stereocenters. The van der Waals surface area contributed by atoms with Crippen molar-refractivity contribution in [2.24, 2.45) is 7.05 Å². The van der Waals surface area contributed by atoms with Gasteiger partial charge < -0.3 is 14.8 Å². The first kappa shape index (κ1) is 15.1. The molecule has 126 valence electrons. The number of methoxy groups -OCH3 is 1. The van der Waals surface area contributed by atoms with Crippen LogP contribution in [0.4, 0.5) is 0 Å². The molecule has 1 aliphatic carbocycles. The van der Waals surface area contributed by atoms with E-state index in [-0.39, 0.29) is 11.9 Å². The number of carbonyl (C=O) groups is 1. The number of hydrogen-bond donors (Lipinski definition) is 1. The van der Waals surface area contributed by atoms with E-state index in [0.29, 0.717) is 18.2 Å². The van der Waals surface area contributed by atoms with Crippen LogP contribution in [0.3, 0.4) is 0 Å². The number of fused-ring (bicyclic) bond motifs is 1. The van der Waals surface area contributed by atoms with Crippen LogP contribution in [-0.2, 0) is 7.05 Å². The van der Waals surface area contributed by atoms with Gasteiger partial charge in [0, 0.05) is 24.9 Å². The number of rotatable bonds is 4. The van der Waals surface area contributed by atoms with E-state index < -0.39 is 0 Å². The van der Waals surface area contributed by atoms with Gasteiger partial charge in [0.25, 0.3) is 5.91 Å². The highest BCUT2D eigenvalue weighted by atomic mass is 16.5. The van der Waals surface area contributed by atoms with Crippen LogP contribution in [-0.4, -0.2) is 29.4 Å². The zero-order valence-corrected chi connectivity index (χ0v) is 13.9. The van der Waals surface area contributed by atoms with Gasteiger partial charge >= 0.3 is 0 Å². The highest BCUT2D eigenvalue weighted by Gasteiger charge is 2.29. The molecular formula is C18H21N3O3. The number of amides is 1. The van der Waals surface area contributed by atoms with E-state index in [1.54, 1.807) is 11.8 Å². The van der Waals surface area contributed by atoms with Gasteiger partial charge in [-0.15, -0.1) is 0 Å². The fourth-order valence-corrected chi connectivity index (χ4v) is 3.16. The van der Waals surface area contributed by atoms with Crippen molar-refractivity contribution >= 4 is 5.91 Å². The van der Waals surface area contributed by atoms with E-state index in [1.165, 1.54) is 12.8 Å². The number of aryl methyl sites for hydroxylation is 1. The van der Waals surface area contributed by atoms with Crippen LogP contribution in [0.5, 0.6) is 11.5 Å². The summed E-state index contributed by atoms with van der Waals surface area (Å²) >= 11 is 0. The Balaban J connectivity index is 1.56. The summed E-state index contributed by atoms with van der Waals surface area (Å²) in [5.41, 5.74) is 2.59. The average molecular weight is 327 g/mol. The zero-order valence-electron chi connectivity index (χ0n) is 13.9. The molecule has 1 aromatic carbocycles. The molecule has 0 bridgehead atoms. The summed E-state index contributed by atoms with van der Waals surface area (Å²) < 4.78 is 12.7. The largest absolute Gasteiger partial charge is 0.497 e. The lowest BCUT2D eigenvalue weighted by Gasteiger charge is -2.27. The monoisotopic (exact) mass is 327 g/mol. The highest BCUT2D eigenvalue weighted by molar-refractivity contribution is 5.93. The number of carbonyl (C=O) groups excluding carboxylic acids is 1. The van der Waals surface area contributed by atoms with Gasteiger partial charge in [-0.3, -0.25) is 9.48 Å². The van der Waals surface area contributed by atoms with Crippen LogP contribution in [0.15, 0.2) is 24.3 Å².